The molecule has 0 heterocycles. The number of esters is 1. The van der Waals surface area contributed by atoms with Crippen LogP contribution < -0.4 is 14.2 Å². The molecule has 0 fully saturated rings. The molecule has 0 aromatic heterocycles. The van der Waals surface area contributed by atoms with Crippen LogP contribution in [0.1, 0.15) is 0 Å². The first-order valence-corrected chi connectivity index (χ1v) is 7.17. The minimum atomic E-state index is -1.05. The summed E-state index contributed by atoms with van der Waals surface area (Å²) >= 11 is 0. The monoisotopic (exact) mass is 326 g/mol. The summed E-state index contributed by atoms with van der Waals surface area (Å²) in [4.78, 5) is 11.3. The van der Waals surface area contributed by atoms with Crippen LogP contribution in [-0.2, 0) is 4.79 Å². The second-order valence-electron chi connectivity index (χ2n) is 4.76. The number of carbonyl (C=O) groups is 1. The molecule has 5 nitrogen and oxygen atoms in total. The Bertz CT molecular complexity index is 734. The number of aliphatic hydroxyl groups is 1. The van der Waals surface area contributed by atoms with Crippen molar-refractivity contribution in [3.8, 4) is 28.4 Å². The molecule has 0 amide bonds. The molecule has 24 heavy (non-hydrogen) atoms. The van der Waals surface area contributed by atoms with Gasteiger partial charge >= 0.3 is 5.97 Å². The lowest BCUT2D eigenvalue weighted by Crippen LogP contribution is -2.10. The van der Waals surface area contributed by atoms with Gasteiger partial charge in [-0.3, -0.25) is 0 Å². The largest absolute Gasteiger partial charge is 0.493 e. The van der Waals surface area contributed by atoms with Gasteiger partial charge in [-0.15, -0.1) is 0 Å². The summed E-state index contributed by atoms with van der Waals surface area (Å²) in [6, 6.07) is 12.4. The fourth-order valence-corrected chi connectivity index (χ4v) is 2.00. The van der Waals surface area contributed by atoms with Gasteiger partial charge in [0.2, 0.25) is 6.29 Å². The summed E-state index contributed by atoms with van der Waals surface area (Å²) in [7, 11) is 1.50. The van der Waals surface area contributed by atoms with Crippen LogP contribution in [0.3, 0.4) is 0 Å². The van der Waals surface area contributed by atoms with E-state index in [1.165, 1.54) is 13.2 Å². The van der Waals surface area contributed by atoms with Gasteiger partial charge in [0.15, 0.2) is 11.5 Å². The number of hydrogen-bond donors (Lipinski definition) is 1. The highest BCUT2D eigenvalue weighted by Gasteiger charge is 2.10. The van der Waals surface area contributed by atoms with Crippen molar-refractivity contribution in [3.05, 3.63) is 67.8 Å². The van der Waals surface area contributed by atoms with E-state index in [-0.39, 0.29) is 0 Å². The number of carbonyl (C=O) groups excluding carboxylic acids is 1. The third-order valence-electron chi connectivity index (χ3n) is 3.19. The normalized spacial score (nSPS) is 11.2. The van der Waals surface area contributed by atoms with Gasteiger partial charge in [-0.1, -0.05) is 31.4 Å². The van der Waals surface area contributed by atoms with Crippen LogP contribution in [0.5, 0.6) is 17.2 Å². The van der Waals surface area contributed by atoms with Crippen molar-refractivity contribution in [2.45, 2.75) is 6.29 Å². The van der Waals surface area contributed by atoms with E-state index in [2.05, 4.69) is 13.2 Å². The number of aliphatic hydroxyl groups excluding tert-OH is 1. The van der Waals surface area contributed by atoms with Crippen molar-refractivity contribution in [2.75, 3.05) is 7.11 Å². The van der Waals surface area contributed by atoms with E-state index >= 15 is 0 Å². The number of ether oxygens (including phenoxy) is 3. The molecule has 1 atom stereocenters. The van der Waals surface area contributed by atoms with E-state index in [4.69, 9.17) is 14.2 Å². The Morgan fingerprint density at radius 2 is 1.75 bits per heavy atom. The highest BCUT2D eigenvalue weighted by Crippen LogP contribution is 2.33. The molecule has 0 saturated carbocycles. The van der Waals surface area contributed by atoms with Crippen molar-refractivity contribution >= 4 is 5.97 Å². The second-order valence-corrected chi connectivity index (χ2v) is 4.76. The zero-order chi connectivity index (χ0) is 17.5. The zero-order valence-corrected chi connectivity index (χ0v) is 13.3. The minimum absolute atomic E-state index is 0.320. The molecule has 124 valence electrons. The Balaban J connectivity index is 2.24. The lowest BCUT2D eigenvalue weighted by atomic mass is 10.1. The Morgan fingerprint density at radius 1 is 1.08 bits per heavy atom. The van der Waals surface area contributed by atoms with Crippen LogP contribution in [0.4, 0.5) is 0 Å². The predicted octanol–water partition coefficient (Wildman–Crippen LogP) is 3.34. The molecule has 0 aliphatic carbocycles. The zero-order valence-electron chi connectivity index (χ0n) is 13.3. The van der Waals surface area contributed by atoms with E-state index in [9.17, 15) is 9.90 Å². The Labute approximate surface area is 140 Å². The average Bonchev–Trinajstić information content (AvgIpc) is 2.62. The van der Waals surface area contributed by atoms with Crippen LogP contribution in [0.2, 0.25) is 0 Å². The molecule has 0 radical (unpaired) electrons. The SMILES string of the molecule is C=CC(=O)Oc1ccc(-c2ccc(OC(O)C=C)cc2)cc1OC. The molecular weight excluding hydrogens is 308 g/mol. The van der Waals surface area contributed by atoms with Crippen LogP contribution >= 0.6 is 0 Å². The third-order valence-corrected chi connectivity index (χ3v) is 3.19. The summed E-state index contributed by atoms with van der Waals surface area (Å²) < 4.78 is 15.6. The molecular formula is C19H18O5. The van der Waals surface area contributed by atoms with Gasteiger partial charge < -0.3 is 19.3 Å². The molecule has 5 heteroatoms. The summed E-state index contributed by atoms with van der Waals surface area (Å²) in [6.07, 6.45) is 1.33. The lowest BCUT2D eigenvalue weighted by Gasteiger charge is -2.12. The maximum absolute atomic E-state index is 11.3. The maximum atomic E-state index is 11.3. The molecule has 2 aromatic carbocycles. The van der Waals surface area contributed by atoms with E-state index in [1.807, 2.05) is 18.2 Å². The van der Waals surface area contributed by atoms with Gasteiger partial charge in [0.1, 0.15) is 5.75 Å². The molecule has 0 bridgehead atoms. The van der Waals surface area contributed by atoms with Gasteiger partial charge in [-0.05, 0) is 41.5 Å². The first-order valence-electron chi connectivity index (χ1n) is 7.17. The lowest BCUT2D eigenvalue weighted by molar-refractivity contribution is -0.129. The minimum Gasteiger partial charge on any atom is -0.493 e. The highest BCUT2D eigenvalue weighted by molar-refractivity contribution is 5.84. The van der Waals surface area contributed by atoms with Gasteiger partial charge in [-0.2, -0.15) is 0 Å². The van der Waals surface area contributed by atoms with E-state index in [1.54, 1.807) is 24.3 Å². The summed E-state index contributed by atoms with van der Waals surface area (Å²) in [5, 5.41) is 9.38. The van der Waals surface area contributed by atoms with Crippen molar-refractivity contribution in [3.63, 3.8) is 0 Å². The second kappa shape index (κ2) is 7.99. The standard InChI is InChI=1S/C19H18O5/c1-4-18(20)23-15-9-6-13(7-10-15)14-8-11-16(17(12-14)22-3)24-19(21)5-2/h4-12,18,20H,1-2H2,3H3. The smallest absolute Gasteiger partial charge is 0.335 e. The van der Waals surface area contributed by atoms with Crippen molar-refractivity contribution in [1.82, 2.24) is 0 Å². The Hall–Kier alpha value is -3.05. The first-order chi connectivity index (χ1) is 11.6. The fraction of sp³-hybridized carbons (Fsp3) is 0.105. The van der Waals surface area contributed by atoms with Crippen LogP contribution in [-0.4, -0.2) is 24.5 Å². The Morgan fingerprint density at radius 3 is 2.33 bits per heavy atom. The number of rotatable bonds is 7. The van der Waals surface area contributed by atoms with Crippen LogP contribution in [0.25, 0.3) is 11.1 Å². The van der Waals surface area contributed by atoms with E-state index < -0.39 is 12.3 Å². The van der Waals surface area contributed by atoms with E-state index in [0.29, 0.717) is 17.2 Å². The number of benzene rings is 2. The topological polar surface area (TPSA) is 65.0 Å². The maximum Gasteiger partial charge on any atom is 0.335 e. The molecule has 0 saturated heterocycles. The van der Waals surface area contributed by atoms with E-state index in [0.717, 1.165) is 17.2 Å². The average molecular weight is 326 g/mol. The van der Waals surface area contributed by atoms with Crippen molar-refractivity contribution in [2.24, 2.45) is 0 Å². The van der Waals surface area contributed by atoms with Gasteiger partial charge in [0, 0.05) is 6.08 Å². The molecule has 1 N–H and O–H groups in total. The molecule has 1 unspecified atom stereocenters. The quantitative estimate of drug-likeness (QED) is 0.278. The molecule has 2 rings (SSSR count). The summed E-state index contributed by atoms with van der Waals surface area (Å²) in [6.45, 7) is 6.81. The summed E-state index contributed by atoms with van der Waals surface area (Å²) in [5.74, 6) is 0.725. The first kappa shape index (κ1) is 17.3. The Kier molecular flexibility index (Phi) is 5.76. The van der Waals surface area contributed by atoms with Gasteiger partial charge in [0.05, 0.1) is 7.11 Å². The number of methoxy groups -OCH3 is 1. The predicted molar refractivity (Wildman–Crippen MR) is 91.1 cm³/mol. The number of hydrogen-bond acceptors (Lipinski definition) is 5. The van der Waals surface area contributed by atoms with Crippen molar-refractivity contribution in [1.29, 1.82) is 0 Å². The van der Waals surface area contributed by atoms with Gasteiger partial charge in [-0.25, -0.2) is 4.79 Å². The molecule has 0 aliphatic heterocycles. The fourth-order valence-electron chi connectivity index (χ4n) is 2.00. The third kappa shape index (κ3) is 4.24. The summed E-state index contributed by atoms with van der Waals surface area (Å²) in [5.41, 5.74) is 1.79. The molecule has 2 aromatic rings. The highest BCUT2D eigenvalue weighted by atomic mass is 16.6. The molecule has 0 spiro atoms. The van der Waals surface area contributed by atoms with Crippen LogP contribution in [0.15, 0.2) is 67.8 Å². The molecule has 0 aliphatic rings. The van der Waals surface area contributed by atoms with Gasteiger partial charge in [0.25, 0.3) is 0 Å². The van der Waals surface area contributed by atoms with Crippen LogP contribution in [0, 0.1) is 0 Å². The van der Waals surface area contributed by atoms with Crippen molar-refractivity contribution < 1.29 is 24.1 Å².